The van der Waals surface area contributed by atoms with Crippen LogP contribution in [-0.2, 0) is 4.79 Å². The van der Waals surface area contributed by atoms with Crippen LogP contribution >= 0.6 is 39.3 Å². The Bertz CT molecular complexity index is 1220. The van der Waals surface area contributed by atoms with E-state index in [4.69, 9.17) is 11.6 Å². The van der Waals surface area contributed by atoms with Crippen molar-refractivity contribution in [2.75, 3.05) is 11.1 Å². The summed E-state index contributed by atoms with van der Waals surface area (Å²) in [5.41, 5.74) is 2.02. The molecule has 0 saturated heterocycles. The summed E-state index contributed by atoms with van der Waals surface area (Å²) in [6.45, 7) is 0. The lowest BCUT2D eigenvalue weighted by molar-refractivity contribution is -0.113. The number of anilines is 1. The van der Waals surface area contributed by atoms with Crippen molar-refractivity contribution in [3.63, 3.8) is 0 Å². The first-order valence-corrected chi connectivity index (χ1v) is 11.3. The highest BCUT2D eigenvalue weighted by molar-refractivity contribution is 9.10. The average molecular weight is 516 g/mol. The number of aromatic nitrogens is 3. The third-order valence-corrected chi connectivity index (χ3v) is 5.98. The van der Waals surface area contributed by atoms with Crippen molar-refractivity contribution in [2.24, 2.45) is 0 Å². The van der Waals surface area contributed by atoms with Crippen molar-refractivity contribution in [1.29, 1.82) is 0 Å². The summed E-state index contributed by atoms with van der Waals surface area (Å²) in [4.78, 5) is 12.4. The second-order valence-corrected chi connectivity index (χ2v) is 8.78. The van der Waals surface area contributed by atoms with Crippen LogP contribution in [0, 0.1) is 0 Å². The lowest BCUT2D eigenvalue weighted by Gasteiger charge is -2.11. The number of para-hydroxylation sites is 1. The number of amides is 1. The van der Waals surface area contributed by atoms with Crippen LogP contribution in [-0.4, -0.2) is 31.5 Å². The molecule has 31 heavy (non-hydrogen) atoms. The van der Waals surface area contributed by atoms with Gasteiger partial charge in [0.05, 0.1) is 11.3 Å². The second kappa shape index (κ2) is 9.55. The zero-order valence-corrected chi connectivity index (χ0v) is 19.2. The number of hydrogen-bond donors (Lipinski definition) is 2. The molecule has 4 rings (SSSR count). The molecule has 1 heterocycles. The van der Waals surface area contributed by atoms with E-state index < -0.39 is 0 Å². The van der Waals surface area contributed by atoms with Gasteiger partial charge in [-0.2, -0.15) is 0 Å². The Labute approximate surface area is 196 Å². The molecule has 0 fully saturated rings. The first kappa shape index (κ1) is 21.4. The van der Waals surface area contributed by atoms with E-state index in [0.717, 1.165) is 10.2 Å². The van der Waals surface area contributed by atoms with E-state index in [9.17, 15) is 9.90 Å². The fourth-order valence-corrected chi connectivity index (χ4v) is 4.13. The van der Waals surface area contributed by atoms with Gasteiger partial charge in [0.25, 0.3) is 0 Å². The third-order valence-electron chi connectivity index (χ3n) is 4.31. The summed E-state index contributed by atoms with van der Waals surface area (Å²) in [7, 11) is 0. The molecule has 0 aliphatic heterocycles. The van der Waals surface area contributed by atoms with Crippen molar-refractivity contribution in [2.45, 2.75) is 5.16 Å². The summed E-state index contributed by atoms with van der Waals surface area (Å²) in [6.07, 6.45) is 0. The number of phenols is 1. The molecule has 0 spiro atoms. The van der Waals surface area contributed by atoms with Gasteiger partial charge in [-0.05, 0) is 54.6 Å². The summed E-state index contributed by atoms with van der Waals surface area (Å²) >= 11 is 10.6. The lowest BCUT2D eigenvalue weighted by Crippen LogP contribution is -2.14. The highest BCUT2D eigenvalue weighted by Gasteiger charge is 2.19. The average Bonchev–Trinajstić information content (AvgIpc) is 3.20. The zero-order valence-electron chi connectivity index (χ0n) is 16.0. The van der Waals surface area contributed by atoms with Gasteiger partial charge in [-0.1, -0.05) is 57.5 Å². The van der Waals surface area contributed by atoms with E-state index >= 15 is 0 Å². The summed E-state index contributed by atoms with van der Waals surface area (Å²) in [5.74, 6) is 0.523. The molecule has 0 saturated carbocycles. The van der Waals surface area contributed by atoms with Crippen LogP contribution in [0.25, 0.3) is 17.1 Å². The summed E-state index contributed by atoms with van der Waals surface area (Å²) in [6, 6.07) is 21.6. The predicted octanol–water partition coefficient (Wildman–Crippen LogP) is 5.79. The fourth-order valence-electron chi connectivity index (χ4n) is 2.90. The number of nitrogens with zero attached hydrogens (tertiary/aromatic N) is 3. The minimum Gasteiger partial charge on any atom is -0.507 e. The molecule has 3 aromatic carbocycles. The van der Waals surface area contributed by atoms with E-state index in [-0.39, 0.29) is 17.4 Å². The van der Waals surface area contributed by atoms with Gasteiger partial charge in [0, 0.05) is 20.9 Å². The number of nitrogens with one attached hydrogen (secondary N) is 1. The fraction of sp³-hybridized carbons (Fsp3) is 0.0455. The van der Waals surface area contributed by atoms with Crippen LogP contribution in [0.1, 0.15) is 0 Å². The molecule has 0 radical (unpaired) electrons. The number of phenolic OH excluding ortho intramolecular Hbond substituents is 1. The molecule has 1 amide bonds. The van der Waals surface area contributed by atoms with Gasteiger partial charge in [-0.3, -0.25) is 9.36 Å². The number of halogens is 2. The van der Waals surface area contributed by atoms with Crippen molar-refractivity contribution >= 4 is 50.9 Å². The van der Waals surface area contributed by atoms with E-state index in [1.165, 1.54) is 11.8 Å². The highest BCUT2D eigenvalue weighted by Crippen LogP contribution is 2.34. The SMILES string of the molecule is O=C(CSc1nnc(-c2cc(Br)ccc2O)n1-c1ccccc1)Nc1ccc(Cl)cc1. The van der Waals surface area contributed by atoms with Crippen LogP contribution in [0.15, 0.2) is 82.4 Å². The van der Waals surface area contributed by atoms with Crippen LogP contribution in [0.2, 0.25) is 5.02 Å². The lowest BCUT2D eigenvalue weighted by atomic mass is 10.2. The maximum Gasteiger partial charge on any atom is 0.234 e. The molecule has 156 valence electrons. The Morgan fingerprint density at radius 2 is 1.81 bits per heavy atom. The highest BCUT2D eigenvalue weighted by atomic mass is 79.9. The van der Waals surface area contributed by atoms with Crippen molar-refractivity contribution in [1.82, 2.24) is 14.8 Å². The Balaban J connectivity index is 1.62. The molecule has 1 aromatic heterocycles. The smallest absolute Gasteiger partial charge is 0.234 e. The number of benzene rings is 3. The van der Waals surface area contributed by atoms with Gasteiger partial charge in [-0.25, -0.2) is 0 Å². The number of carbonyl (C=O) groups excluding carboxylic acids is 1. The van der Waals surface area contributed by atoms with Crippen LogP contribution in [0.3, 0.4) is 0 Å². The first-order chi connectivity index (χ1) is 15.0. The molecule has 0 bridgehead atoms. The predicted molar refractivity (Wildman–Crippen MR) is 127 cm³/mol. The number of carbonyl (C=O) groups is 1. The Kier molecular flexibility index (Phi) is 6.60. The second-order valence-electron chi connectivity index (χ2n) is 6.48. The van der Waals surface area contributed by atoms with Crippen molar-refractivity contribution < 1.29 is 9.90 Å². The maximum absolute atomic E-state index is 12.4. The quantitative estimate of drug-likeness (QED) is 0.318. The minimum absolute atomic E-state index is 0.0878. The number of hydrogen-bond acceptors (Lipinski definition) is 5. The van der Waals surface area contributed by atoms with Crippen LogP contribution in [0.4, 0.5) is 5.69 Å². The van der Waals surface area contributed by atoms with Crippen LogP contribution < -0.4 is 5.32 Å². The van der Waals surface area contributed by atoms with Gasteiger partial charge in [0.1, 0.15) is 5.75 Å². The van der Waals surface area contributed by atoms with Gasteiger partial charge < -0.3 is 10.4 Å². The normalized spacial score (nSPS) is 10.8. The largest absolute Gasteiger partial charge is 0.507 e. The van der Waals surface area contributed by atoms with E-state index in [0.29, 0.717) is 27.3 Å². The van der Waals surface area contributed by atoms with Gasteiger partial charge in [0.15, 0.2) is 11.0 Å². The molecule has 0 aliphatic rings. The molecule has 6 nitrogen and oxygen atoms in total. The minimum atomic E-state index is -0.179. The first-order valence-electron chi connectivity index (χ1n) is 9.19. The molecule has 2 N–H and O–H groups in total. The Morgan fingerprint density at radius 1 is 1.06 bits per heavy atom. The third kappa shape index (κ3) is 5.10. The Morgan fingerprint density at radius 3 is 2.55 bits per heavy atom. The molecule has 0 atom stereocenters. The number of aromatic hydroxyl groups is 1. The van der Waals surface area contributed by atoms with Crippen molar-refractivity contribution in [3.05, 3.63) is 82.3 Å². The molecular weight excluding hydrogens is 500 g/mol. The molecule has 0 aliphatic carbocycles. The standard InChI is InChI=1S/C22H16BrClN4O2S/c23-14-6-11-19(29)18(12-14)21-26-27-22(28(21)17-4-2-1-3-5-17)31-13-20(30)25-16-9-7-15(24)8-10-16/h1-12,29H,13H2,(H,25,30). The monoisotopic (exact) mass is 514 g/mol. The number of rotatable bonds is 6. The number of thioether (sulfide) groups is 1. The van der Waals surface area contributed by atoms with Gasteiger partial charge in [0.2, 0.25) is 5.91 Å². The summed E-state index contributed by atoms with van der Waals surface area (Å²) < 4.78 is 2.63. The topological polar surface area (TPSA) is 80.0 Å². The summed E-state index contributed by atoms with van der Waals surface area (Å²) in [5, 5.41) is 22.9. The van der Waals surface area contributed by atoms with Gasteiger partial charge in [-0.15, -0.1) is 10.2 Å². The van der Waals surface area contributed by atoms with E-state index in [1.807, 2.05) is 34.9 Å². The maximum atomic E-state index is 12.4. The molecule has 4 aromatic rings. The van der Waals surface area contributed by atoms with Gasteiger partial charge >= 0.3 is 0 Å². The van der Waals surface area contributed by atoms with E-state index in [2.05, 4.69) is 31.4 Å². The molecule has 9 heteroatoms. The molecular formula is C22H16BrClN4O2S. The Hall–Kier alpha value is -2.81. The van der Waals surface area contributed by atoms with Crippen molar-refractivity contribution in [3.8, 4) is 22.8 Å². The molecule has 0 unspecified atom stereocenters. The van der Waals surface area contributed by atoms with Crippen LogP contribution in [0.5, 0.6) is 5.75 Å². The van der Waals surface area contributed by atoms with E-state index in [1.54, 1.807) is 42.5 Å². The zero-order chi connectivity index (χ0) is 21.8.